The molecule has 3 aliphatic carbocycles. The van der Waals surface area contributed by atoms with E-state index in [4.69, 9.17) is 0 Å². The standard InChI is InChI=1S/C61H40/c1-3-13-38(14-4-1)40-23-26-42(27-24-40)60-50-22-12-10-20-48(50)55-36-56-54-35-45(30-32-52(54)61(58(56)37-57(55)60)46-28-25-39-15-7-8-18-43(39)33-46)44-29-31-51-53(34-44)47-19-9-11-21-49(47)59(51)41-16-5-2-6-17-41/h1-37,59-61H. The smallest absolute Gasteiger partial charge is 0.0352 e. The molecule has 0 heterocycles. The fourth-order valence-electron chi connectivity index (χ4n) is 11.1. The maximum atomic E-state index is 2.58. The van der Waals surface area contributed by atoms with Gasteiger partial charge in [-0.1, -0.05) is 206 Å². The van der Waals surface area contributed by atoms with Crippen LogP contribution in [0.2, 0.25) is 0 Å². The lowest BCUT2D eigenvalue weighted by atomic mass is 9.84. The third-order valence-electron chi connectivity index (χ3n) is 13.9. The average Bonchev–Trinajstić information content (AvgIpc) is 3.96. The lowest BCUT2D eigenvalue weighted by Gasteiger charge is -2.19. The molecule has 61 heavy (non-hydrogen) atoms. The van der Waals surface area contributed by atoms with E-state index >= 15 is 0 Å². The van der Waals surface area contributed by atoms with E-state index in [0.717, 1.165) is 0 Å². The van der Waals surface area contributed by atoms with Gasteiger partial charge in [-0.25, -0.2) is 0 Å². The van der Waals surface area contributed by atoms with Crippen molar-refractivity contribution in [3.63, 3.8) is 0 Å². The molecule has 0 bridgehead atoms. The van der Waals surface area contributed by atoms with Crippen molar-refractivity contribution in [2.75, 3.05) is 0 Å². The summed E-state index contributed by atoms with van der Waals surface area (Å²) in [7, 11) is 0. The highest BCUT2D eigenvalue weighted by Gasteiger charge is 2.37. The van der Waals surface area contributed by atoms with E-state index in [2.05, 4.69) is 224 Å². The summed E-state index contributed by atoms with van der Waals surface area (Å²) >= 11 is 0. The molecule has 10 aromatic carbocycles. The largest absolute Gasteiger partial charge is 0.0622 e. The Morgan fingerprint density at radius 3 is 1.30 bits per heavy atom. The first-order valence-corrected chi connectivity index (χ1v) is 21.6. The molecular formula is C61H40. The molecule has 0 spiro atoms. The molecule has 13 rings (SSSR count). The van der Waals surface area contributed by atoms with Crippen LogP contribution in [0.25, 0.3) is 66.4 Å². The van der Waals surface area contributed by atoms with Crippen molar-refractivity contribution in [2.24, 2.45) is 0 Å². The van der Waals surface area contributed by atoms with Crippen LogP contribution >= 0.6 is 0 Å². The lowest BCUT2D eigenvalue weighted by molar-refractivity contribution is 0.983. The molecule has 0 saturated heterocycles. The van der Waals surface area contributed by atoms with Gasteiger partial charge >= 0.3 is 0 Å². The number of rotatable bonds is 5. The molecule has 0 nitrogen and oxygen atoms in total. The van der Waals surface area contributed by atoms with Gasteiger partial charge in [-0.05, 0) is 135 Å². The summed E-state index contributed by atoms with van der Waals surface area (Å²) in [5.41, 5.74) is 25.4. The van der Waals surface area contributed by atoms with Crippen LogP contribution in [0.4, 0.5) is 0 Å². The van der Waals surface area contributed by atoms with Crippen LogP contribution in [0, 0.1) is 0 Å². The first kappa shape index (κ1) is 34.3. The highest BCUT2D eigenvalue weighted by Crippen LogP contribution is 2.56. The first-order valence-electron chi connectivity index (χ1n) is 21.6. The Balaban J connectivity index is 0.976. The Morgan fingerprint density at radius 2 is 0.623 bits per heavy atom. The van der Waals surface area contributed by atoms with Crippen molar-refractivity contribution in [2.45, 2.75) is 17.8 Å². The quantitative estimate of drug-likeness (QED) is 0.163. The molecule has 0 fully saturated rings. The van der Waals surface area contributed by atoms with Crippen LogP contribution in [-0.4, -0.2) is 0 Å². The van der Waals surface area contributed by atoms with Crippen molar-refractivity contribution in [3.05, 3.63) is 275 Å². The fraction of sp³-hybridized carbons (Fsp3) is 0.0492. The van der Waals surface area contributed by atoms with Gasteiger partial charge in [0, 0.05) is 17.8 Å². The molecule has 0 N–H and O–H groups in total. The second kappa shape index (κ2) is 13.5. The molecule has 0 aromatic heterocycles. The molecule has 0 amide bonds. The lowest BCUT2D eigenvalue weighted by Crippen LogP contribution is -2.03. The highest BCUT2D eigenvalue weighted by atomic mass is 14.4. The SMILES string of the molecule is c1ccc(-c2ccc(C3c4ccccc4-c4cc5c(cc43)C(c3ccc4ccccc4c3)c3ccc(-c4ccc6c(c4)-c4ccccc4C6c4ccccc4)cc3-5)cc2)cc1. The average molecular weight is 773 g/mol. The van der Waals surface area contributed by atoms with Crippen molar-refractivity contribution >= 4 is 10.8 Å². The number of benzene rings is 10. The van der Waals surface area contributed by atoms with Crippen molar-refractivity contribution in [1.82, 2.24) is 0 Å². The Morgan fingerprint density at radius 1 is 0.197 bits per heavy atom. The third kappa shape index (κ3) is 5.32. The van der Waals surface area contributed by atoms with Crippen LogP contribution in [0.3, 0.4) is 0 Å². The van der Waals surface area contributed by atoms with E-state index in [1.54, 1.807) is 0 Å². The van der Waals surface area contributed by atoms with Gasteiger partial charge in [0.2, 0.25) is 0 Å². The summed E-state index contributed by atoms with van der Waals surface area (Å²) in [6.45, 7) is 0. The van der Waals surface area contributed by atoms with Gasteiger partial charge in [-0.15, -0.1) is 0 Å². The second-order valence-electron chi connectivity index (χ2n) is 17.1. The van der Waals surface area contributed by atoms with Crippen molar-refractivity contribution in [3.8, 4) is 55.6 Å². The summed E-state index contributed by atoms with van der Waals surface area (Å²) in [6, 6.07) is 84.5. The topological polar surface area (TPSA) is 0 Å². The monoisotopic (exact) mass is 772 g/mol. The summed E-state index contributed by atoms with van der Waals surface area (Å²) in [5.74, 6) is 0.524. The number of hydrogen-bond donors (Lipinski definition) is 0. The van der Waals surface area contributed by atoms with Crippen LogP contribution in [0.15, 0.2) is 224 Å². The van der Waals surface area contributed by atoms with Gasteiger partial charge in [0.15, 0.2) is 0 Å². The van der Waals surface area contributed by atoms with Crippen LogP contribution in [0.5, 0.6) is 0 Å². The van der Waals surface area contributed by atoms with E-state index in [1.165, 1.54) is 116 Å². The minimum atomic E-state index is 0.123. The van der Waals surface area contributed by atoms with Gasteiger partial charge in [0.25, 0.3) is 0 Å². The number of hydrogen-bond acceptors (Lipinski definition) is 0. The molecule has 0 saturated carbocycles. The summed E-state index contributed by atoms with van der Waals surface area (Å²) < 4.78 is 0. The Labute approximate surface area is 357 Å². The van der Waals surface area contributed by atoms with E-state index in [0.29, 0.717) is 0 Å². The number of fused-ring (bicyclic) bond motifs is 10. The first-order chi connectivity index (χ1) is 30.2. The van der Waals surface area contributed by atoms with Gasteiger partial charge in [0.1, 0.15) is 0 Å². The van der Waals surface area contributed by atoms with Gasteiger partial charge in [-0.3, -0.25) is 0 Å². The highest BCUT2D eigenvalue weighted by molar-refractivity contribution is 5.93. The van der Waals surface area contributed by atoms with Crippen LogP contribution < -0.4 is 0 Å². The zero-order chi connectivity index (χ0) is 40.0. The normalized spacial score (nSPS) is 16.4. The predicted molar refractivity (Wildman–Crippen MR) is 253 cm³/mol. The summed E-state index contributed by atoms with van der Waals surface area (Å²) in [5, 5.41) is 2.56. The molecule has 0 aliphatic heterocycles. The van der Waals surface area contributed by atoms with Crippen molar-refractivity contribution in [1.29, 1.82) is 0 Å². The minimum absolute atomic E-state index is 0.123. The molecule has 0 radical (unpaired) electrons. The fourth-order valence-corrected chi connectivity index (χ4v) is 11.1. The maximum absolute atomic E-state index is 2.58. The predicted octanol–water partition coefficient (Wildman–Crippen LogP) is 15.7. The van der Waals surface area contributed by atoms with Gasteiger partial charge in [-0.2, -0.15) is 0 Å². The van der Waals surface area contributed by atoms with E-state index < -0.39 is 0 Å². The van der Waals surface area contributed by atoms with Crippen LogP contribution in [-0.2, 0) is 0 Å². The molecule has 284 valence electrons. The van der Waals surface area contributed by atoms with Gasteiger partial charge < -0.3 is 0 Å². The van der Waals surface area contributed by atoms with Gasteiger partial charge in [0.05, 0.1) is 0 Å². The summed E-state index contributed by atoms with van der Waals surface area (Å²) in [4.78, 5) is 0. The Bertz CT molecular complexity index is 3350. The Hall–Kier alpha value is -7.54. The summed E-state index contributed by atoms with van der Waals surface area (Å²) in [6.07, 6.45) is 0. The molecule has 10 aromatic rings. The molecule has 3 unspecified atom stereocenters. The minimum Gasteiger partial charge on any atom is -0.0622 e. The molecule has 3 atom stereocenters. The van der Waals surface area contributed by atoms with Crippen molar-refractivity contribution < 1.29 is 0 Å². The second-order valence-corrected chi connectivity index (χ2v) is 17.1. The van der Waals surface area contributed by atoms with E-state index in [1.807, 2.05) is 0 Å². The zero-order valence-electron chi connectivity index (χ0n) is 33.6. The van der Waals surface area contributed by atoms with E-state index in [9.17, 15) is 0 Å². The zero-order valence-corrected chi connectivity index (χ0v) is 33.6. The third-order valence-corrected chi connectivity index (χ3v) is 13.9. The Kier molecular flexibility index (Phi) is 7.60. The van der Waals surface area contributed by atoms with Crippen LogP contribution in [0.1, 0.15) is 67.8 Å². The molecule has 3 aliphatic rings. The molecule has 0 heteroatoms. The van der Waals surface area contributed by atoms with E-state index in [-0.39, 0.29) is 17.8 Å². The molecular weight excluding hydrogens is 733 g/mol. The maximum Gasteiger partial charge on any atom is 0.0352 e.